The Labute approximate surface area is 176 Å². The summed E-state index contributed by atoms with van der Waals surface area (Å²) in [6, 6.07) is 11.2. The molecular weight excluding hydrogens is 420 g/mol. The molecule has 0 fully saturated rings. The molecule has 0 aromatic heterocycles. The smallest absolute Gasteiger partial charge is 0.387 e. The first-order valence-corrected chi connectivity index (χ1v) is 9.23. The van der Waals surface area contributed by atoms with Crippen LogP contribution in [0.1, 0.15) is 34.6 Å². The van der Waals surface area contributed by atoms with Crippen LogP contribution in [0.15, 0.2) is 48.5 Å². The van der Waals surface area contributed by atoms with Gasteiger partial charge in [-0.15, -0.1) is 0 Å². The number of benzene rings is 2. The van der Waals surface area contributed by atoms with Crippen LogP contribution in [0.2, 0.25) is 0 Å². The first kappa shape index (κ1) is 24.0. The van der Waals surface area contributed by atoms with Crippen LogP contribution in [0.3, 0.4) is 0 Å². The Kier molecular flexibility index (Phi) is 8.23. The summed E-state index contributed by atoms with van der Waals surface area (Å²) in [6.45, 7) is -2.47. The molecule has 0 saturated heterocycles. The quantitative estimate of drug-likeness (QED) is 0.544. The molecule has 2 aromatic rings. The number of hydrogen-bond donors (Lipinski definition) is 2. The molecular formula is C21H22F4N2O4. The van der Waals surface area contributed by atoms with Gasteiger partial charge in [0.2, 0.25) is 0 Å². The molecule has 0 aliphatic rings. The van der Waals surface area contributed by atoms with Crippen LogP contribution in [-0.2, 0) is 0 Å². The minimum Gasteiger partial charge on any atom is -0.434 e. The van der Waals surface area contributed by atoms with E-state index in [-0.39, 0.29) is 35.7 Å². The van der Waals surface area contributed by atoms with E-state index in [4.69, 9.17) is 0 Å². The summed E-state index contributed by atoms with van der Waals surface area (Å²) in [4.78, 5) is 24.8. The van der Waals surface area contributed by atoms with Gasteiger partial charge in [-0.1, -0.05) is 38.1 Å². The van der Waals surface area contributed by atoms with Crippen LogP contribution in [0, 0.1) is 5.41 Å². The number of carbonyl (C=O) groups excluding carboxylic acids is 2. The molecule has 0 aliphatic carbocycles. The summed E-state index contributed by atoms with van der Waals surface area (Å²) in [5, 5.41) is 5.23. The van der Waals surface area contributed by atoms with Crippen LogP contribution in [-0.4, -0.2) is 38.1 Å². The molecule has 31 heavy (non-hydrogen) atoms. The van der Waals surface area contributed by atoms with Crippen molar-refractivity contribution < 1.29 is 36.6 Å². The van der Waals surface area contributed by atoms with Crippen LogP contribution in [0.5, 0.6) is 11.5 Å². The van der Waals surface area contributed by atoms with E-state index in [1.54, 1.807) is 13.8 Å². The van der Waals surface area contributed by atoms with Crippen molar-refractivity contribution in [3.05, 3.63) is 59.7 Å². The number of hydrogen-bond acceptors (Lipinski definition) is 4. The number of rotatable bonds is 10. The van der Waals surface area contributed by atoms with E-state index in [0.29, 0.717) is 0 Å². The lowest BCUT2D eigenvalue weighted by Gasteiger charge is -2.25. The van der Waals surface area contributed by atoms with Gasteiger partial charge in [0.15, 0.2) is 0 Å². The molecule has 0 saturated carbocycles. The van der Waals surface area contributed by atoms with Gasteiger partial charge in [0.05, 0.1) is 11.1 Å². The number of para-hydroxylation sites is 2. The van der Waals surface area contributed by atoms with Crippen molar-refractivity contribution in [3.8, 4) is 11.5 Å². The van der Waals surface area contributed by atoms with Crippen LogP contribution < -0.4 is 20.1 Å². The predicted octanol–water partition coefficient (Wildman–Crippen LogP) is 4.08. The van der Waals surface area contributed by atoms with Gasteiger partial charge < -0.3 is 20.1 Å². The molecule has 2 N–H and O–H groups in total. The highest BCUT2D eigenvalue weighted by atomic mass is 19.3. The number of alkyl halides is 4. The SMILES string of the molecule is CC(C)(CNC(=O)c1ccccc1OC(F)F)CNC(=O)c1ccccc1OC(F)F. The van der Waals surface area contributed by atoms with Gasteiger partial charge in [-0.3, -0.25) is 9.59 Å². The molecule has 0 radical (unpaired) electrons. The second-order valence-electron chi connectivity index (χ2n) is 7.28. The highest BCUT2D eigenvalue weighted by molar-refractivity contribution is 5.97. The van der Waals surface area contributed by atoms with Crippen molar-refractivity contribution in [1.29, 1.82) is 0 Å². The zero-order valence-electron chi connectivity index (χ0n) is 16.8. The topological polar surface area (TPSA) is 76.7 Å². The van der Waals surface area contributed by atoms with E-state index < -0.39 is 30.5 Å². The molecule has 6 nitrogen and oxygen atoms in total. The zero-order valence-corrected chi connectivity index (χ0v) is 16.8. The Hall–Kier alpha value is -3.30. The fourth-order valence-electron chi connectivity index (χ4n) is 2.60. The second kappa shape index (κ2) is 10.6. The third kappa shape index (κ3) is 7.47. The van der Waals surface area contributed by atoms with Crippen molar-refractivity contribution in [3.63, 3.8) is 0 Å². The van der Waals surface area contributed by atoms with E-state index in [9.17, 15) is 27.2 Å². The molecule has 0 unspecified atom stereocenters. The van der Waals surface area contributed by atoms with Gasteiger partial charge >= 0.3 is 13.2 Å². The van der Waals surface area contributed by atoms with Crippen molar-refractivity contribution in [1.82, 2.24) is 10.6 Å². The standard InChI is InChI=1S/C21H22F4N2O4/c1-21(2,11-26-17(28)13-7-3-5-9-15(13)30-19(22)23)12-27-18(29)14-8-4-6-10-16(14)31-20(24)25/h3-10,19-20H,11-12H2,1-2H3,(H,26,28)(H,27,29). The second-order valence-corrected chi connectivity index (χ2v) is 7.28. The summed E-state index contributed by atoms with van der Waals surface area (Å²) >= 11 is 0. The average Bonchev–Trinajstić information content (AvgIpc) is 2.70. The maximum Gasteiger partial charge on any atom is 0.387 e. The number of amides is 2. The molecule has 2 amide bonds. The Morgan fingerprint density at radius 3 is 1.48 bits per heavy atom. The Morgan fingerprint density at radius 1 is 0.774 bits per heavy atom. The first-order chi connectivity index (χ1) is 14.6. The van der Waals surface area contributed by atoms with E-state index in [2.05, 4.69) is 20.1 Å². The number of carbonyl (C=O) groups is 2. The first-order valence-electron chi connectivity index (χ1n) is 9.23. The molecule has 2 rings (SSSR count). The van der Waals surface area contributed by atoms with Crippen molar-refractivity contribution in [2.24, 2.45) is 5.41 Å². The number of ether oxygens (including phenoxy) is 2. The number of nitrogens with one attached hydrogen (secondary N) is 2. The van der Waals surface area contributed by atoms with Gasteiger partial charge in [0, 0.05) is 13.1 Å². The Balaban J connectivity index is 1.96. The van der Waals surface area contributed by atoms with Crippen LogP contribution in [0.4, 0.5) is 17.6 Å². The van der Waals surface area contributed by atoms with E-state index in [1.807, 2.05) is 0 Å². The molecule has 0 aliphatic heterocycles. The highest BCUT2D eigenvalue weighted by Crippen LogP contribution is 2.22. The van der Waals surface area contributed by atoms with E-state index in [1.165, 1.54) is 48.5 Å². The fourth-order valence-corrected chi connectivity index (χ4v) is 2.60. The summed E-state index contributed by atoms with van der Waals surface area (Å²) < 4.78 is 58.7. The Morgan fingerprint density at radius 2 is 1.13 bits per heavy atom. The fraction of sp³-hybridized carbons (Fsp3) is 0.333. The molecule has 0 spiro atoms. The molecule has 0 heterocycles. The minimum atomic E-state index is -3.07. The monoisotopic (exact) mass is 442 g/mol. The third-order valence-corrected chi connectivity index (χ3v) is 4.15. The van der Waals surface area contributed by atoms with Crippen LogP contribution in [0.25, 0.3) is 0 Å². The minimum absolute atomic E-state index is 0.0549. The van der Waals surface area contributed by atoms with Crippen molar-refractivity contribution >= 4 is 11.8 Å². The maximum atomic E-state index is 12.5. The Bertz CT molecular complexity index is 835. The molecule has 168 valence electrons. The molecule has 0 atom stereocenters. The molecule has 0 bridgehead atoms. The van der Waals surface area contributed by atoms with Crippen molar-refractivity contribution in [2.75, 3.05) is 13.1 Å². The summed E-state index contributed by atoms with van der Waals surface area (Å²) in [6.07, 6.45) is 0. The lowest BCUT2D eigenvalue weighted by molar-refractivity contribution is -0.0509. The lowest BCUT2D eigenvalue weighted by Crippen LogP contribution is -2.42. The summed E-state index contributed by atoms with van der Waals surface area (Å²) in [5.41, 5.74) is -0.760. The summed E-state index contributed by atoms with van der Waals surface area (Å²) in [5.74, 6) is -1.74. The van der Waals surface area contributed by atoms with Crippen LogP contribution >= 0.6 is 0 Å². The third-order valence-electron chi connectivity index (χ3n) is 4.15. The van der Waals surface area contributed by atoms with Gasteiger partial charge in [0.25, 0.3) is 11.8 Å². The van der Waals surface area contributed by atoms with Gasteiger partial charge in [0.1, 0.15) is 11.5 Å². The largest absolute Gasteiger partial charge is 0.434 e. The summed E-state index contributed by atoms with van der Waals surface area (Å²) in [7, 11) is 0. The van der Waals surface area contributed by atoms with Gasteiger partial charge in [-0.2, -0.15) is 17.6 Å². The molecule has 2 aromatic carbocycles. The molecule has 10 heteroatoms. The van der Waals surface area contributed by atoms with Gasteiger partial charge in [-0.25, -0.2) is 0 Å². The average molecular weight is 442 g/mol. The lowest BCUT2D eigenvalue weighted by atomic mass is 9.93. The highest BCUT2D eigenvalue weighted by Gasteiger charge is 2.23. The van der Waals surface area contributed by atoms with Gasteiger partial charge in [-0.05, 0) is 29.7 Å². The maximum absolute atomic E-state index is 12.5. The number of halogens is 4. The van der Waals surface area contributed by atoms with E-state index >= 15 is 0 Å². The predicted molar refractivity (Wildman–Crippen MR) is 105 cm³/mol. The van der Waals surface area contributed by atoms with E-state index in [0.717, 1.165) is 0 Å². The zero-order chi connectivity index (χ0) is 23.0. The van der Waals surface area contributed by atoms with Crippen molar-refractivity contribution in [2.45, 2.75) is 27.1 Å². The normalized spacial score (nSPS) is 11.4.